The molecule has 5 rings (SSSR count). The second-order valence-electron chi connectivity index (χ2n) is 10.9. The van der Waals surface area contributed by atoms with Gasteiger partial charge in [-0.3, -0.25) is 4.79 Å². The molecule has 11 heteroatoms. The second kappa shape index (κ2) is 11.3. The maximum atomic E-state index is 13.3. The largest absolute Gasteiger partial charge is 0.573 e. The van der Waals surface area contributed by atoms with Crippen LogP contribution >= 0.6 is 0 Å². The number of carbonyl (C=O) groups is 3. The Balaban J connectivity index is 1.25. The number of urea groups is 1. The fourth-order valence-electron chi connectivity index (χ4n) is 6.26. The summed E-state index contributed by atoms with van der Waals surface area (Å²) in [5, 5.41) is 11.1. The van der Waals surface area contributed by atoms with E-state index in [0.29, 0.717) is 56.8 Å². The molecule has 0 bridgehead atoms. The van der Waals surface area contributed by atoms with Crippen LogP contribution in [0.5, 0.6) is 0 Å². The predicted octanol–water partition coefficient (Wildman–Crippen LogP) is 2.57. The first-order chi connectivity index (χ1) is 18.4. The summed E-state index contributed by atoms with van der Waals surface area (Å²) in [7, 11) is 0. The second-order valence-corrected chi connectivity index (χ2v) is 10.9. The lowest BCUT2D eigenvalue weighted by Crippen LogP contribution is -2.67. The van der Waals surface area contributed by atoms with Crippen LogP contribution in [0.25, 0.3) is 0 Å². The number of amides is 3. The Bertz CT molecular complexity index is 1080. The van der Waals surface area contributed by atoms with Gasteiger partial charge in [-0.25, -0.2) is 9.79 Å². The third kappa shape index (κ3) is 5.21. The van der Waals surface area contributed by atoms with E-state index < -0.39 is 10.7 Å². The summed E-state index contributed by atoms with van der Waals surface area (Å²) in [6.45, 7) is 2.64. The number of Topliss-reactive ketones (excluding diaryl/α,β-unsaturated/α-hetero) is 1. The number of rotatable bonds is 4. The van der Waals surface area contributed by atoms with Crippen molar-refractivity contribution < 1.29 is 38.4 Å². The molecule has 204 valence electrons. The zero-order chi connectivity index (χ0) is 26.7. The summed E-state index contributed by atoms with van der Waals surface area (Å²) in [5.74, 6) is 3.75. The van der Waals surface area contributed by atoms with E-state index in [1.165, 1.54) is 4.58 Å². The van der Waals surface area contributed by atoms with Gasteiger partial charge in [-0.05, 0) is 44.4 Å². The van der Waals surface area contributed by atoms with Crippen LogP contribution in [0.3, 0.4) is 0 Å². The number of ketones is 1. The number of allylic oxidation sites excluding steroid dienone is 1. The number of carbonyl (C=O) groups excluding carboxylic acids is 3. The number of fused-ring (bicyclic) bond motifs is 1. The van der Waals surface area contributed by atoms with Crippen LogP contribution in [0, 0.1) is 30.1 Å². The molecule has 0 aromatic heterocycles. The molecule has 1 N–H and O–H groups in total. The molecular weight excluding hydrogens is 490 g/mol. The normalized spacial score (nSPS) is 31.3. The van der Waals surface area contributed by atoms with Crippen molar-refractivity contribution in [2.75, 3.05) is 46.1 Å². The van der Waals surface area contributed by atoms with E-state index in [-0.39, 0.29) is 30.9 Å². The number of nitrogens with zero attached hydrogens (tertiary/aromatic N) is 5. The third-order valence-corrected chi connectivity index (χ3v) is 8.73. The molecule has 38 heavy (non-hydrogen) atoms. The first-order valence-corrected chi connectivity index (χ1v) is 13.6. The van der Waals surface area contributed by atoms with Crippen molar-refractivity contribution in [3.8, 4) is 12.3 Å². The Morgan fingerprint density at radius 1 is 1.18 bits per heavy atom. The average Bonchev–Trinajstić information content (AvgIpc) is 3.40. The molecule has 3 amide bonds. The van der Waals surface area contributed by atoms with Gasteiger partial charge in [-0.15, -0.1) is 16.9 Å². The van der Waals surface area contributed by atoms with Gasteiger partial charge in [0.2, 0.25) is 0 Å². The summed E-state index contributed by atoms with van der Waals surface area (Å²) < 4.78 is 6.42. The molecule has 0 aromatic rings. The highest BCUT2D eigenvalue weighted by Gasteiger charge is 2.53. The van der Waals surface area contributed by atoms with Crippen molar-refractivity contribution in [3.05, 3.63) is 24.3 Å². The monoisotopic (exact) mass is 527 g/mol. The molecule has 2 atom stereocenters. The smallest absolute Gasteiger partial charge is 0.373 e. The molecule has 4 aliphatic heterocycles. The van der Waals surface area contributed by atoms with Gasteiger partial charge in [-0.2, -0.15) is 24.4 Å². The Hall–Kier alpha value is -3.20. The standard InChI is InChI=1S/C27H36N5O6/c1-2-21-3-5-22(6-4-21)7-8-23-9-14-32(19-25(23)33,27(35)38-36)31-18-24-17-29(10-11-30(24)20-31)26(34)28-12-15-37-16-13-28/h1,10-11,17-18,21-23H,3-9,12-16,19-20H2/q+1/p+1/t21?,22?,23?,32-/m1/s1. The fraction of sp³-hybridized carbons (Fsp3) is 0.630. The zero-order valence-corrected chi connectivity index (χ0v) is 21.7. The maximum absolute atomic E-state index is 13.3. The van der Waals surface area contributed by atoms with E-state index >= 15 is 0 Å². The number of piperidine rings is 1. The number of hydrogen-bond donors (Lipinski definition) is 1. The Morgan fingerprint density at radius 2 is 1.95 bits per heavy atom. The van der Waals surface area contributed by atoms with E-state index in [1.807, 2.05) is 4.90 Å². The number of hydrogen-bond acceptors (Lipinski definition) is 8. The van der Waals surface area contributed by atoms with Gasteiger partial charge in [-0.1, -0.05) is 0 Å². The van der Waals surface area contributed by atoms with E-state index in [9.17, 15) is 19.6 Å². The number of morpholine rings is 1. The summed E-state index contributed by atoms with van der Waals surface area (Å²) in [6, 6.07) is -0.147. The molecule has 4 heterocycles. The number of likely N-dealkylation sites (tertiary alicyclic amines) is 1. The molecule has 1 aliphatic carbocycles. The van der Waals surface area contributed by atoms with Crippen LogP contribution in [0.2, 0.25) is 0 Å². The van der Waals surface area contributed by atoms with Crippen molar-refractivity contribution in [2.45, 2.75) is 44.9 Å². The Kier molecular flexibility index (Phi) is 7.83. The number of terminal acetylenes is 1. The van der Waals surface area contributed by atoms with Crippen molar-refractivity contribution >= 4 is 24.1 Å². The lowest BCUT2D eigenvalue weighted by Gasteiger charge is -2.42. The van der Waals surface area contributed by atoms with Gasteiger partial charge in [0.15, 0.2) is 12.3 Å². The van der Waals surface area contributed by atoms with Crippen LogP contribution in [0.4, 0.5) is 9.59 Å². The minimum absolute atomic E-state index is 0.00544. The van der Waals surface area contributed by atoms with Crippen LogP contribution in [0.1, 0.15) is 44.9 Å². The summed E-state index contributed by atoms with van der Waals surface area (Å²) in [6.07, 6.45) is 18.3. The van der Waals surface area contributed by atoms with E-state index in [0.717, 1.165) is 38.5 Å². The molecule has 0 spiro atoms. The first kappa shape index (κ1) is 26.4. The molecule has 11 nitrogen and oxygen atoms in total. The van der Waals surface area contributed by atoms with Gasteiger partial charge >= 0.3 is 12.1 Å². The molecular formula is C27H37N5O6+2. The van der Waals surface area contributed by atoms with Crippen LogP contribution in [0.15, 0.2) is 24.3 Å². The van der Waals surface area contributed by atoms with Crippen LogP contribution in [-0.4, -0.2) is 99.4 Å². The highest BCUT2D eigenvalue weighted by Crippen LogP contribution is 2.35. The molecule has 1 unspecified atom stereocenters. The van der Waals surface area contributed by atoms with E-state index in [4.69, 9.17) is 11.2 Å². The van der Waals surface area contributed by atoms with Crippen molar-refractivity contribution in [1.82, 2.24) is 14.8 Å². The molecule has 2 saturated heterocycles. The van der Waals surface area contributed by atoms with Crippen molar-refractivity contribution in [1.29, 1.82) is 0 Å². The number of quaternary nitrogens is 1. The summed E-state index contributed by atoms with van der Waals surface area (Å²) in [4.78, 5) is 47.0. The molecule has 1 saturated carbocycles. The van der Waals surface area contributed by atoms with E-state index in [1.54, 1.807) is 34.7 Å². The van der Waals surface area contributed by atoms with Crippen LogP contribution < -0.4 is 0 Å². The molecule has 0 radical (unpaired) electrons. The third-order valence-electron chi connectivity index (χ3n) is 8.73. The van der Waals surface area contributed by atoms with Crippen molar-refractivity contribution in [2.24, 2.45) is 17.8 Å². The first-order valence-electron chi connectivity index (χ1n) is 13.6. The van der Waals surface area contributed by atoms with Gasteiger partial charge in [0, 0.05) is 24.5 Å². The van der Waals surface area contributed by atoms with Crippen LogP contribution in [-0.2, 0) is 14.4 Å². The van der Waals surface area contributed by atoms with E-state index in [2.05, 4.69) is 10.8 Å². The lowest BCUT2D eigenvalue weighted by molar-refractivity contribution is -0.962. The van der Waals surface area contributed by atoms with Gasteiger partial charge in [0.1, 0.15) is 44.4 Å². The lowest BCUT2D eigenvalue weighted by atomic mass is 9.78. The molecule has 5 aliphatic rings. The molecule has 3 fully saturated rings. The van der Waals surface area contributed by atoms with Gasteiger partial charge in [0.05, 0.1) is 19.4 Å². The summed E-state index contributed by atoms with van der Waals surface area (Å²) in [5.41, 5.74) is 0.703. The maximum Gasteiger partial charge on any atom is 0.573 e. The highest BCUT2D eigenvalue weighted by atomic mass is 17.1. The fourth-order valence-corrected chi connectivity index (χ4v) is 6.26. The molecule has 0 aromatic carbocycles. The van der Waals surface area contributed by atoms with Gasteiger partial charge in [0.25, 0.3) is 0 Å². The Morgan fingerprint density at radius 3 is 2.63 bits per heavy atom. The average molecular weight is 528 g/mol. The minimum atomic E-state index is -0.883. The highest BCUT2D eigenvalue weighted by molar-refractivity contribution is 5.84. The quantitative estimate of drug-likeness (QED) is 0.196. The van der Waals surface area contributed by atoms with Gasteiger partial charge < -0.3 is 9.64 Å². The predicted molar refractivity (Wildman–Crippen MR) is 136 cm³/mol. The SMILES string of the molecule is C#CC1CCC(CCC2CC[N@@+](C(=O)OO)(N3C=C4C=[N+](C(=O)N5CCOCC5)C=CN4C3)CC2=O)CC1. The topological polar surface area (TPSA) is 103 Å². The minimum Gasteiger partial charge on any atom is -0.373 e. The van der Waals surface area contributed by atoms with Crippen molar-refractivity contribution in [3.63, 3.8) is 0 Å². The summed E-state index contributed by atoms with van der Waals surface area (Å²) >= 11 is 0. The number of ether oxygens (including phenoxy) is 1. The Labute approximate surface area is 223 Å². The zero-order valence-electron chi connectivity index (χ0n) is 21.7.